The largest absolute Gasteiger partial charge is 0.370 e. The Bertz CT molecular complexity index is 759. The van der Waals surface area contributed by atoms with Crippen LogP contribution in [0, 0.1) is 5.92 Å². The van der Waals surface area contributed by atoms with Crippen LogP contribution >= 0.6 is 11.3 Å². The number of carbonyl (C=O) groups is 2. The molecule has 3 heterocycles. The molecule has 0 bridgehead atoms. The highest BCUT2D eigenvalue weighted by atomic mass is 32.1. The lowest BCUT2D eigenvalue weighted by atomic mass is 9.98. The van der Waals surface area contributed by atoms with Gasteiger partial charge < -0.3 is 16.0 Å². The number of nitrogens with zero attached hydrogens (tertiary/aromatic N) is 3. The minimum absolute atomic E-state index is 0.298. The Morgan fingerprint density at radius 2 is 2.19 bits per heavy atom. The van der Waals surface area contributed by atoms with E-state index in [4.69, 9.17) is 0 Å². The maximum absolute atomic E-state index is 12.4. The molecule has 1 aliphatic heterocycles. The molecule has 26 heavy (non-hydrogen) atoms. The van der Waals surface area contributed by atoms with E-state index in [2.05, 4.69) is 30.9 Å². The molecular formula is C17H22N6O2S. The molecule has 0 aliphatic carbocycles. The van der Waals surface area contributed by atoms with Crippen LogP contribution in [-0.4, -0.2) is 46.8 Å². The number of hydrogen-bond donors (Lipinski definition) is 3. The number of aromatic nitrogens is 3. The van der Waals surface area contributed by atoms with Gasteiger partial charge in [0.15, 0.2) is 6.29 Å². The van der Waals surface area contributed by atoms with Gasteiger partial charge in [-0.25, -0.2) is 15.0 Å². The van der Waals surface area contributed by atoms with Crippen molar-refractivity contribution in [3.63, 3.8) is 0 Å². The molecule has 9 heteroatoms. The van der Waals surface area contributed by atoms with E-state index in [1.54, 1.807) is 6.07 Å². The molecule has 1 aliphatic rings. The number of anilines is 1. The van der Waals surface area contributed by atoms with Crippen molar-refractivity contribution in [3.8, 4) is 0 Å². The fourth-order valence-corrected chi connectivity index (χ4v) is 3.54. The minimum Gasteiger partial charge on any atom is -0.370 e. The van der Waals surface area contributed by atoms with Gasteiger partial charge in [0.2, 0.25) is 0 Å². The van der Waals surface area contributed by atoms with Crippen LogP contribution < -0.4 is 16.0 Å². The first-order valence-electron chi connectivity index (χ1n) is 8.64. The van der Waals surface area contributed by atoms with Crippen molar-refractivity contribution in [3.05, 3.63) is 34.2 Å². The Morgan fingerprint density at radius 1 is 1.38 bits per heavy atom. The predicted molar refractivity (Wildman–Crippen MR) is 99.5 cm³/mol. The zero-order valence-electron chi connectivity index (χ0n) is 14.6. The average molecular weight is 374 g/mol. The second-order valence-electron chi connectivity index (χ2n) is 6.28. The Balaban J connectivity index is 1.57. The van der Waals surface area contributed by atoms with E-state index in [-0.39, 0.29) is 11.9 Å². The van der Waals surface area contributed by atoms with Crippen LogP contribution in [0.1, 0.15) is 51.0 Å². The molecule has 138 valence electrons. The minimum atomic E-state index is -0.303. The molecule has 1 unspecified atom stereocenters. The van der Waals surface area contributed by atoms with Crippen LogP contribution in [0.3, 0.4) is 0 Å². The maximum Gasteiger partial charge on any atom is 0.270 e. The van der Waals surface area contributed by atoms with E-state index >= 15 is 0 Å². The van der Waals surface area contributed by atoms with Gasteiger partial charge in [-0.1, -0.05) is 0 Å². The topological polar surface area (TPSA) is 109 Å². The second kappa shape index (κ2) is 8.81. The summed E-state index contributed by atoms with van der Waals surface area (Å²) in [6.07, 6.45) is 5.92. The van der Waals surface area contributed by atoms with Crippen molar-refractivity contribution in [2.75, 3.05) is 25.0 Å². The smallest absolute Gasteiger partial charge is 0.270 e. The lowest BCUT2D eigenvalue weighted by Crippen LogP contribution is -2.31. The summed E-state index contributed by atoms with van der Waals surface area (Å²) in [5, 5.41) is 10.2. The van der Waals surface area contributed by atoms with Gasteiger partial charge in [0, 0.05) is 18.8 Å². The van der Waals surface area contributed by atoms with Crippen LogP contribution in [-0.2, 0) is 0 Å². The van der Waals surface area contributed by atoms with Gasteiger partial charge in [-0.3, -0.25) is 9.59 Å². The first-order valence-corrected chi connectivity index (χ1v) is 9.45. The molecule has 3 rings (SSSR count). The molecule has 2 aromatic heterocycles. The molecule has 0 saturated carbocycles. The van der Waals surface area contributed by atoms with Crippen molar-refractivity contribution in [2.24, 2.45) is 5.92 Å². The normalized spacial score (nSPS) is 16.0. The average Bonchev–Trinajstić information content (AvgIpc) is 3.17. The summed E-state index contributed by atoms with van der Waals surface area (Å²) in [4.78, 5) is 36.1. The number of carbonyl (C=O) groups excluding carboxylic acids is 2. The van der Waals surface area contributed by atoms with Crippen molar-refractivity contribution in [2.45, 2.75) is 25.8 Å². The number of nitrogens with one attached hydrogen (secondary N) is 3. The third kappa shape index (κ3) is 4.83. The monoisotopic (exact) mass is 374 g/mol. The Morgan fingerprint density at radius 3 is 2.92 bits per heavy atom. The van der Waals surface area contributed by atoms with E-state index in [1.807, 2.05) is 6.92 Å². The van der Waals surface area contributed by atoms with Gasteiger partial charge in [-0.05, 0) is 38.8 Å². The van der Waals surface area contributed by atoms with Crippen LogP contribution in [0.5, 0.6) is 0 Å². The summed E-state index contributed by atoms with van der Waals surface area (Å²) in [7, 11) is 0. The number of hydrogen-bond acceptors (Lipinski definition) is 8. The highest BCUT2D eigenvalue weighted by Gasteiger charge is 2.17. The summed E-state index contributed by atoms with van der Waals surface area (Å²) in [6, 6.07) is 1.35. The van der Waals surface area contributed by atoms with Gasteiger partial charge in [0.05, 0.1) is 10.9 Å². The van der Waals surface area contributed by atoms with Crippen LogP contribution in [0.15, 0.2) is 18.6 Å². The number of thiazole rings is 1. The van der Waals surface area contributed by atoms with Gasteiger partial charge >= 0.3 is 0 Å². The predicted octanol–water partition coefficient (Wildman–Crippen LogP) is 1.65. The number of amides is 1. The van der Waals surface area contributed by atoms with Crippen LogP contribution in [0.4, 0.5) is 5.82 Å². The highest BCUT2D eigenvalue weighted by molar-refractivity contribution is 7.13. The zero-order valence-corrected chi connectivity index (χ0v) is 15.4. The summed E-state index contributed by atoms with van der Waals surface area (Å²) < 4.78 is 0. The summed E-state index contributed by atoms with van der Waals surface area (Å²) >= 11 is 1.26. The lowest BCUT2D eigenvalue weighted by molar-refractivity contribution is 0.0934. The molecule has 0 radical (unpaired) electrons. The van der Waals surface area contributed by atoms with E-state index in [1.165, 1.54) is 23.9 Å². The first-order chi connectivity index (χ1) is 12.7. The summed E-state index contributed by atoms with van der Waals surface area (Å²) in [6.45, 7) is 4.75. The van der Waals surface area contributed by atoms with E-state index in [0.717, 1.165) is 38.8 Å². The van der Waals surface area contributed by atoms with Crippen molar-refractivity contribution < 1.29 is 9.59 Å². The molecule has 3 N–H and O–H groups in total. The van der Waals surface area contributed by atoms with Crippen molar-refractivity contribution in [1.82, 2.24) is 25.6 Å². The fraction of sp³-hybridized carbons (Fsp3) is 0.471. The molecular weight excluding hydrogens is 352 g/mol. The summed E-state index contributed by atoms with van der Waals surface area (Å²) in [5.74, 6) is 0.960. The molecule has 1 atom stereocenters. The molecule has 2 aromatic rings. The number of aldehydes is 1. The molecule has 1 saturated heterocycles. The molecule has 0 spiro atoms. The molecule has 1 amide bonds. The van der Waals surface area contributed by atoms with Gasteiger partial charge in [-0.15, -0.1) is 11.3 Å². The second-order valence-corrected chi connectivity index (χ2v) is 7.37. The highest BCUT2D eigenvalue weighted by Crippen LogP contribution is 2.19. The van der Waals surface area contributed by atoms with E-state index < -0.39 is 0 Å². The van der Waals surface area contributed by atoms with Gasteiger partial charge in [0.1, 0.15) is 22.8 Å². The van der Waals surface area contributed by atoms with Gasteiger partial charge in [0.25, 0.3) is 5.91 Å². The number of rotatable bonds is 7. The fourth-order valence-electron chi connectivity index (χ4n) is 2.80. The van der Waals surface area contributed by atoms with E-state index in [9.17, 15) is 9.59 Å². The lowest BCUT2D eigenvalue weighted by Gasteiger charge is -2.22. The van der Waals surface area contributed by atoms with Crippen LogP contribution in [0.2, 0.25) is 0 Å². The Hall–Kier alpha value is -2.39. The maximum atomic E-state index is 12.4. The van der Waals surface area contributed by atoms with Crippen LogP contribution in [0.25, 0.3) is 0 Å². The van der Waals surface area contributed by atoms with Crippen molar-refractivity contribution >= 4 is 29.3 Å². The zero-order chi connectivity index (χ0) is 18.4. The Kier molecular flexibility index (Phi) is 6.24. The van der Waals surface area contributed by atoms with Gasteiger partial charge in [-0.2, -0.15) is 0 Å². The quantitative estimate of drug-likeness (QED) is 0.632. The number of piperidine rings is 1. The molecule has 0 aromatic carbocycles. The van der Waals surface area contributed by atoms with E-state index in [0.29, 0.717) is 27.3 Å². The third-order valence-electron chi connectivity index (χ3n) is 4.31. The van der Waals surface area contributed by atoms with Crippen molar-refractivity contribution in [1.29, 1.82) is 0 Å². The first kappa shape index (κ1) is 18.4. The Labute approximate surface area is 155 Å². The standard InChI is InChI=1S/C17H22N6O2S/c1-11(17-20-8-13(9-24)26-17)23-16(25)14-6-15(22-10-21-14)19-7-12-2-4-18-5-3-12/h6,8-12,18H,2-5,7H2,1H3,(H,23,25)(H,19,21,22). The molecule has 1 fully saturated rings. The molecule has 8 nitrogen and oxygen atoms in total. The third-order valence-corrected chi connectivity index (χ3v) is 5.41. The summed E-state index contributed by atoms with van der Waals surface area (Å²) in [5.41, 5.74) is 0.298. The SMILES string of the molecule is CC(NC(=O)c1cc(NCC2CCNCC2)ncn1)c1ncc(C=O)s1.